The van der Waals surface area contributed by atoms with Crippen molar-refractivity contribution in [3.63, 3.8) is 0 Å². The minimum absolute atomic E-state index is 0.0128. The van der Waals surface area contributed by atoms with Crippen LogP contribution >= 0.6 is 0 Å². The third-order valence-corrected chi connectivity index (χ3v) is 5.07. The van der Waals surface area contributed by atoms with Crippen molar-refractivity contribution in [1.29, 1.82) is 5.26 Å². The number of carbonyl (C=O) groups excluding carboxylic acids is 1. The zero-order valence-corrected chi connectivity index (χ0v) is 18.7. The smallest absolute Gasteiger partial charge is 0.262 e. The van der Waals surface area contributed by atoms with Crippen LogP contribution in [0.5, 0.6) is 23.0 Å². The fraction of sp³-hybridized carbons (Fsp3) is 0.185. The number of nitrogens with one attached hydrogen (secondary N) is 1. The van der Waals surface area contributed by atoms with Gasteiger partial charge in [-0.25, -0.2) is 0 Å². The highest BCUT2D eigenvalue weighted by molar-refractivity contribution is 6.01. The molecule has 1 amide bonds. The summed E-state index contributed by atoms with van der Waals surface area (Å²) in [4.78, 5) is 12.6. The van der Waals surface area contributed by atoms with Gasteiger partial charge in [-0.05, 0) is 54.0 Å². The predicted molar refractivity (Wildman–Crippen MR) is 126 cm³/mol. The first kappa shape index (κ1) is 22.7. The Bertz CT molecular complexity index is 1230. The molecule has 0 aromatic heterocycles. The summed E-state index contributed by atoms with van der Waals surface area (Å²) in [6.07, 6.45) is 1.53. The molecule has 3 aromatic rings. The number of carbonyl (C=O) groups is 1. The first-order valence-electron chi connectivity index (χ1n) is 10.9. The summed E-state index contributed by atoms with van der Waals surface area (Å²) in [6.45, 7) is 3.18. The van der Waals surface area contributed by atoms with Gasteiger partial charge < -0.3 is 24.3 Å². The zero-order chi connectivity index (χ0) is 23.8. The standard InChI is InChI=1S/C27H24N2O5/c1-2-31-25-13-20(8-10-23(25)32-17-19-6-4-3-5-7-19)12-22(15-28)27(30)29-16-21-9-11-24-26(14-21)34-18-33-24/h3-14H,2,16-18H2,1H3,(H,29,30)/b22-12+. The molecule has 1 aliphatic heterocycles. The van der Waals surface area contributed by atoms with Crippen LogP contribution < -0.4 is 24.3 Å². The third kappa shape index (κ3) is 5.67. The Morgan fingerprint density at radius 2 is 1.82 bits per heavy atom. The van der Waals surface area contributed by atoms with Gasteiger partial charge in [0, 0.05) is 6.54 Å². The quantitative estimate of drug-likeness (QED) is 0.373. The second kappa shape index (κ2) is 10.9. The lowest BCUT2D eigenvalue weighted by Gasteiger charge is -2.13. The van der Waals surface area contributed by atoms with Crippen molar-refractivity contribution >= 4 is 12.0 Å². The first-order chi connectivity index (χ1) is 16.7. The molecule has 1 heterocycles. The normalized spacial score (nSPS) is 12.1. The van der Waals surface area contributed by atoms with Gasteiger partial charge >= 0.3 is 0 Å². The van der Waals surface area contributed by atoms with Crippen molar-refractivity contribution in [2.75, 3.05) is 13.4 Å². The molecule has 0 unspecified atom stereocenters. The average Bonchev–Trinajstić information content (AvgIpc) is 3.34. The number of fused-ring (bicyclic) bond motifs is 1. The van der Waals surface area contributed by atoms with Crippen LogP contribution in [-0.4, -0.2) is 19.3 Å². The van der Waals surface area contributed by atoms with Gasteiger partial charge in [0.15, 0.2) is 23.0 Å². The molecule has 1 aliphatic rings. The third-order valence-electron chi connectivity index (χ3n) is 5.07. The maximum atomic E-state index is 12.6. The minimum atomic E-state index is -0.470. The van der Waals surface area contributed by atoms with E-state index in [1.165, 1.54) is 6.08 Å². The van der Waals surface area contributed by atoms with E-state index in [4.69, 9.17) is 18.9 Å². The maximum Gasteiger partial charge on any atom is 0.262 e. The summed E-state index contributed by atoms with van der Waals surface area (Å²) in [5.74, 6) is 1.98. The van der Waals surface area contributed by atoms with Crippen LogP contribution in [-0.2, 0) is 17.9 Å². The summed E-state index contributed by atoms with van der Waals surface area (Å²) in [6, 6.07) is 22.6. The van der Waals surface area contributed by atoms with Crippen molar-refractivity contribution in [2.24, 2.45) is 0 Å². The van der Waals surface area contributed by atoms with E-state index in [0.29, 0.717) is 41.8 Å². The van der Waals surface area contributed by atoms with E-state index >= 15 is 0 Å². The number of amides is 1. The Balaban J connectivity index is 1.44. The molecule has 7 heteroatoms. The van der Waals surface area contributed by atoms with Gasteiger partial charge in [0.25, 0.3) is 5.91 Å². The highest BCUT2D eigenvalue weighted by Crippen LogP contribution is 2.32. The molecule has 1 N–H and O–H groups in total. The molecule has 0 aliphatic carbocycles. The average molecular weight is 456 g/mol. The van der Waals surface area contributed by atoms with Crippen molar-refractivity contribution in [3.8, 4) is 29.1 Å². The summed E-state index contributed by atoms with van der Waals surface area (Å²) in [5.41, 5.74) is 2.53. The number of nitriles is 1. The molecule has 0 atom stereocenters. The predicted octanol–water partition coefficient (Wildman–Crippen LogP) is 4.62. The van der Waals surface area contributed by atoms with Gasteiger partial charge in [-0.3, -0.25) is 4.79 Å². The van der Waals surface area contributed by atoms with Crippen molar-refractivity contribution in [3.05, 3.63) is 89.0 Å². The van der Waals surface area contributed by atoms with Crippen LogP contribution in [0.15, 0.2) is 72.3 Å². The molecule has 0 saturated carbocycles. The Morgan fingerprint density at radius 3 is 2.62 bits per heavy atom. The van der Waals surface area contributed by atoms with Crippen LogP contribution in [0.1, 0.15) is 23.6 Å². The van der Waals surface area contributed by atoms with Gasteiger partial charge in [0.2, 0.25) is 6.79 Å². The van der Waals surface area contributed by atoms with E-state index in [1.54, 1.807) is 30.3 Å². The molecule has 0 fully saturated rings. The van der Waals surface area contributed by atoms with E-state index in [-0.39, 0.29) is 18.9 Å². The highest BCUT2D eigenvalue weighted by Gasteiger charge is 2.15. The Morgan fingerprint density at radius 1 is 1.00 bits per heavy atom. The number of hydrogen-bond acceptors (Lipinski definition) is 6. The summed E-state index contributed by atoms with van der Waals surface area (Å²) in [5, 5.41) is 12.3. The number of hydrogen-bond donors (Lipinski definition) is 1. The van der Waals surface area contributed by atoms with Gasteiger partial charge in [-0.1, -0.05) is 42.5 Å². The molecule has 3 aromatic carbocycles. The fourth-order valence-corrected chi connectivity index (χ4v) is 3.38. The summed E-state index contributed by atoms with van der Waals surface area (Å²) in [7, 11) is 0. The molecular formula is C27H24N2O5. The number of ether oxygens (including phenoxy) is 4. The van der Waals surface area contributed by atoms with Gasteiger partial charge in [0.05, 0.1) is 6.61 Å². The molecule has 0 spiro atoms. The Labute approximate surface area is 198 Å². The van der Waals surface area contributed by atoms with Gasteiger partial charge in [0.1, 0.15) is 18.2 Å². The van der Waals surface area contributed by atoms with Crippen LogP contribution in [0.4, 0.5) is 0 Å². The molecule has 7 nitrogen and oxygen atoms in total. The zero-order valence-electron chi connectivity index (χ0n) is 18.7. The lowest BCUT2D eigenvalue weighted by Crippen LogP contribution is -2.23. The van der Waals surface area contributed by atoms with Crippen molar-refractivity contribution in [2.45, 2.75) is 20.1 Å². The van der Waals surface area contributed by atoms with E-state index in [0.717, 1.165) is 11.1 Å². The lowest BCUT2D eigenvalue weighted by atomic mass is 10.1. The number of benzene rings is 3. The monoisotopic (exact) mass is 456 g/mol. The van der Waals surface area contributed by atoms with E-state index in [9.17, 15) is 10.1 Å². The van der Waals surface area contributed by atoms with Crippen molar-refractivity contribution < 1.29 is 23.7 Å². The SMILES string of the molecule is CCOc1cc(/C=C(\C#N)C(=O)NCc2ccc3c(c2)OCO3)ccc1OCc1ccccc1. The van der Waals surface area contributed by atoms with E-state index in [1.807, 2.05) is 49.4 Å². The molecule has 4 rings (SSSR count). The van der Waals surface area contributed by atoms with Crippen LogP contribution in [0.3, 0.4) is 0 Å². The first-order valence-corrected chi connectivity index (χ1v) is 10.9. The van der Waals surface area contributed by atoms with E-state index in [2.05, 4.69) is 5.32 Å². The topological polar surface area (TPSA) is 89.8 Å². The molecule has 0 bridgehead atoms. The molecular weight excluding hydrogens is 432 g/mol. The Hall–Kier alpha value is -4.44. The second-order valence-corrected chi connectivity index (χ2v) is 7.45. The van der Waals surface area contributed by atoms with Gasteiger partial charge in [-0.15, -0.1) is 0 Å². The maximum absolute atomic E-state index is 12.6. The van der Waals surface area contributed by atoms with Gasteiger partial charge in [-0.2, -0.15) is 5.26 Å². The summed E-state index contributed by atoms with van der Waals surface area (Å²) < 4.78 is 22.3. The van der Waals surface area contributed by atoms with Crippen LogP contribution in [0, 0.1) is 11.3 Å². The lowest BCUT2D eigenvalue weighted by molar-refractivity contribution is -0.117. The largest absolute Gasteiger partial charge is 0.490 e. The molecule has 172 valence electrons. The molecule has 34 heavy (non-hydrogen) atoms. The number of rotatable bonds is 9. The van der Waals surface area contributed by atoms with Crippen LogP contribution in [0.2, 0.25) is 0 Å². The van der Waals surface area contributed by atoms with E-state index < -0.39 is 5.91 Å². The van der Waals surface area contributed by atoms with Crippen LogP contribution in [0.25, 0.3) is 6.08 Å². The second-order valence-electron chi connectivity index (χ2n) is 7.45. The fourth-order valence-electron chi connectivity index (χ4n) is 3.38. The minimum Gasteiger partial charge on any atom is -0.490 e. The Kier molecular flexibility index (Phi) is 7.31. The number of nitrogens with zero attached hydrogens (tertiary/aromatic N) is 1. The van der Waals surface area contributed by atoms with Crippen molar-refractivity contribution in [1.82, 2.24) is 5.32 Å². The molecule has 0 saturated heterocycles. The molecule has 0 radical (unpaired) electrons. The summed E-state index contributed by atoms with van der Waals surface area (Å²) >= 11 is 0. The highest BCUT2D eigenvalue weighted by atomic mass is 16.7.